The summed E-state index contributed by atoms with van der Waals surface area (Å²) in [6, 6.07) is 6.78. The second-order valence-electron chi connectivity index (χ2n) is 10.9. The third kappa shape index (κ3) is 7.55. The molecule has 1 N–H and O–H groups in total. The first-order valence-electron chi connectivity index (χ1n) is 13.0. The lowest BCUT2D eigenvalue weighted by Gasteiger charge is -2.34. The number of thiazole rings is 1. The van der Waals surface area contributed by atoms with Gasteiger partial charge in [-0.3, -0.25) is 4.79 Å². The van der Waals surface area contributed by atoms with Crippen LogP contribution in [0.15, 0.2) is 29.6 Å². The van der Waals surface area contributed by atoms with E-state index in [1.165, 1.54) is 23.3 Å². The van der Waals surface area contributed by atoms with E-state index < -0.39 is 30.0 Å². The molecule has 3 atom stereocenters. The van der Waals surface area contributed by atoms with E-state index in [2.05, 4.69) is 4.98 Å². The minimum absolute atomic E-state index is 0.0736. The topological polar surface area (TPSA) is 118 Å². The van der Waals surface area contributed by atoms with Gasteiger partial charge >= 0.3 is 12.1 Å². The quantitative estimate of drug-likeness (QED) is 0.307. The Hall–Kier alpha value is -3.02. The number of fused-ring (bicyclic) bond motifs is 1. The van der Waals surface area contributed by atoms with Crippen LogP contribution in [0.5, 0.6) is 0 Å². The van der Waals surface area contributed by atoms with Gasteiger partial charge in [0, 0.05) is 49.2 Å². The van der Waals surface area contributed by atoms with Crippen molar-refractivity contribution >= 4 is 29.3 Å². The Morgan fingerprint density at radius 3 is 2.54 bits per heavy atom. The molecule has 0 aliphatic carbocycles. The van der Waals surface area contributed by atoms with Crippen molar-refractivity contribution in [1.29, 1.82) is 0 Å². The molecule has 3 rings (SSSR count). The smallest absolute Gasteiger partial charge is 0.410 e. The first-order valence-corrected chi connectivity index (χ1v) is 13.9. The van der Waals surface area contributed by atoms with E-state index in [1.54, 1.807) is 41.6 Å². The maximum absolute atomic E-state index is 12.8. The van der Waals surface area contributed by atoms with Crippen molar-refractivity contribution in [2.45, 2.75) is 71.4 Å². The molecule has 10 nitrogen and oxygen atoms in total. The van der Waals surface area contributed by atoms with E-state index in [-0.39, 0.29) is 30.2 Å². The number of carbonyl (C=O) groups excluding carboxylic acids is 3. The standard InChI is InChI=1S/C28H39N3O7S/c1-17(2)21(30(6)27(35)38-28(3,4)5)15-22(23-29-20(16-39-23)26(34)36-7)37-14-10-13-31-24(32)18-11-8-9-12-19(18)25(31)33/h8-9,11-12,16-17,21-22,24,32H,10,13-15H2,1-7H3/t21-,22-,24?/m1/s1. The van der Waals surface area contributed by atoms with Gasteiger partial charge in [-0.1, -0.05) is 32.0 Å². The lowest BCUT2D eigenvalue weighted by molar-refractivity contribution is -0.0103. The van der Waals surface area contributed by atoms with Gasteiger partial charge in [-0.05, 0) is 39.2 Å². The first-order chi connectivity index (χ1) is 18.3. The average molecular weight is 562 g/mol. The second kappa shape index (κ2) is 12.9. The summed E-state index contributed by atoms with van der Waals surface area (Å²) in [6.45, 7) is 10.1. The van der Waals surface area contributed by atoms with Gasteiger partial charge in [0.05, 0.1) is 7.11 Å². The lowest BCUT2D eigenvalue weighted by Crippen LogP contribution is -2.44. The third-order valence-corrected chi connectivity index (χ3v) is 7.42. The van der Waals surface area contributed by atoms with E-state index in [4.69, 9.17) is 14.2 Å². The highest BCUT2D eigenvalue weighted by Gasteiger charge is 2.35. The lowest BCUT2D eigenvalue weighted by atomic mass is 9.96. The van der Waals surface area contributed by atoms with Crippen LogP contribution in [0.25, 0.3) is 0 Å². The largest absolute Gasteiger partial charge is 0.464 e. The van der Waals surface area contributed by atoms with Crippen LogP contribution in [0, 0.1) is 5.92 Å². The van der Waals surface area contributed by atoms with Crippen molar-refractivity contribution in [3.05, 3.63) is 51.5 Å². The van der Waals surface area contributed by atoms with Gasteiger partial charge in [0.25, 0.3) is 5.91 Å². The molecule has 2 heterocycles. The van der Waals surface area contributed by atoms with Gasteiger partial charge in [-0.25, -0.2) is 14.6 Å². The Labute approximate surface area is 233 Å². The van der Waals surface area contributed by atoms with Crippen LogP contribution in [0.3, 0.4) is 0 Å². The predicted octanol–water partition coefficient (Wildman–Crippen LogP) is 4.81. The minimum Gasteiger partial charge on any atom is -0.464 e. The van der Waals surface area contributed by atoms with E-state index in [9.17, 15) is 19.5 Å². The molecule has 0 fully saturated rings. The van der Waals surface area contributed by atoms with Crippen molar-refractivity contribution < 1.29 is 33.7 Å². The molecule has 0 spiro atoms. The highest BCUT2D eigenvalue weighted by atomic mass is 32.1. The molecule has 2 amide bonds. The van der Waals surface area contributed by atoms with Crippen molar-refractivity contribution in [3.63, 3.8) is 0 Å². The summed E-state index contributed by atoms with van der Waals surface area (Å²) < 4.78 is 16.7. The normalized spacial score (nSPS) is 16.7. The highest BCUT2D eigenvalue weighted by Crippen LogP contribution is 2.33. The van der Waals surface area contributed by atoms with Crippen LogP contribution in [0.1, 0.15) is 91.2 Å². The molecule has 11 heteroatoms. The number of esters is 1. The van der Waals surface area contributed by atoms with Gasteiger partial charge in [-0.15, -0.1) is 11.3 Å². The average Bonchev–Trinajstić information content (AvgIpc) is 3.46. The Morgan fingerprint density at radius 2 is 1.92 bits per heavy atom. The van der Waals surface area contributed by atoms with Gasteiger partial charge in [-0.2, -0.15) is 0 Å². The molecular weight excluding hydrogens is 522 g/mol. The fourth-order valence-electron chi connectivity index (χ4n) is 4.48. The molecular formula is C28H39N3O7S. The van der Waals surface area contributed by atoms with E-state index >= 15 is 0 Å². The Bertz CT molecular complexity index is 1160. The molecule has 1 aliphatic rings. The van der Waals surface area contributed by atoms with Crippen molar-refractivity contribution in [3.8, 4) is 0 Å². The molecule has 1 unspecified atom stereocenters. The molecule has 1 aromatic carbocycles. The number of rotatable bonds is 11. The number of methoxy groups -OCH3 is 1. The maximum atomic E-state index is 12.8. The summed E-state index contributed by atoms with van der Waals surface area (Å²) in [5, 5.41) is 12.8. The first kappa shape index (κ1) is 30.5. The van der Waals surface area contributed by atoms with Crippen molar-refractivity contribution in [2.75, 3.05) is 27.3 Å². The van der Waals surface area contributed by atoms with Gasteiger partial charge in [0.1, 0.15) is 16.7 Å². The number of aliphatic hydroxyl groups excluding tert-OH is 1. The number of hydrogen-bond acceptors (Lipinski definition) is 9. The Morgan fingerprint density at radius 1 is 1.23 bits per heavy atom. The zero-order valence-corrected chi connectivity index (χ0v) is 24.5. The molecule has 0 radical (unpaired) electrons. The number of aliphatic hydroxyl groups is 1. The highest BCUT2D eigenvalue weighted by molar-refractivity contribution is 7.09. The number of aromatic nitrogens is 1. The molecule has 39 heavy (non-hydrogen) atoms. The molecule has 1 aromatic heterocycles. The summed E-state index contributed by atoms with van der Waals surface area (Å²) in [4.78, 5) is 45.1. The van der Waals surface area contributed by atoms with Gasteiger partial charge < -0.3 is 29.1 Å². The molecule has 0 saturated carbocycles. The van der Waals surface area contributed by atoms with Crippen LogP contribution in [0.4, 0.5) is 4.79 Å². The van der Waals surface area contributed by atoms with Crippen LogP contribution in [0.2, 0.25) is 0 Å². The summed E-state index contributed by atoms with van der Waals surface area (Å²) in [5.41, 5.74) is 0.664. The summed E-state index contributed by atoms with van der Waals surface area (Å²) in [7, 11) is 3.00. The van der Waals surface area contributed by atoms with E-state index in [0.717, 1.165) is 0 Å². The summed E-state index contributed by atoms with van der Waals surface area (Å²) >= 11 is 1.28. The maximum Gasteiger partial charge on any atom is 0.410 e. The molecule has 0 bridgehead atoms. The number of ether oxygens (including phenoxy) is 3. The number of carbonyl (C=O) groups is 3. The summed E-state index contributed by atoms with van der Waals surface area (Å²) in [5.74, 6) is -0.677. The van der Waals surface area contributed by atoms with Crippen molar-refractivity contribution in [1.82, 2.24) is 14.8 Å². The van der Waals surface area contributed by atoms with Crippen LogP contribution >= 0.6 is 11.3 Å². The van der Waals surface area contributed by atoms with Gasteiger partial charge in [0.15, 0.2) is 11.9 Å². The van der Waals surface area contributed by atoms with E-state index in [1.807, 2.05) is 34.6 Å². The second-order valence-corrected chi connectivity index (χ2v) is 11.8. The zero-order valence-electron chi connectivity index (χ0n) is 23.7. The van der Waals surface area contributed by atoms with Crippen molar-refractivity contribution in [2.24, 2.45) is 5.92 Å². The number of hydrogen-bond donors (Lipinski definition) is 1. The fourth-order valence-corrected chi connectivity index (χ4v) is 5.32. The molecule has 214 valence electrons. The van der Waals surface area contributed by atoms with E-state index in [0.29, 0.717) is 35.5 Å². The Balaban J connectivity index is 1.72. The Kier molecular flexibility index (Phi) is 10.1. The van der Waals surface area contributed by atoms with Crippen LogP contribution in [-0.4, -0.2) is 76.8 Å². The van der Waals surface area contributed by atoms with Crippen LogP contribution in [-0.2, 0) is 14.2 Å². The molecule has 2 aromatic rings. The van der Waals surface area contributed by atoms with Crippen LogP contribution < -0.4 is 0 Å². The number of amides is 2. The SMILES string of the molecule is COC(=O)c1csc([C@@H](C[C@H](C(C)C)N(C)C(=O)OC(C)(C)C)OCCCN2C(=O)c3ccccc3C2O)n1. The minimum atomic E-state index is -0.987. The summed E-state index contributed by atoms with van der Waals surface area (Å²) in [6.07, 6.45) is -1.06. The third-order valence-electron chi connectivity index (χ3n) is 6.48. The monoisotopic (exact) mass is 561 g/mol. The predicted molar refractivity (Wildman–Crippen MR) is 146 cm³/mol. The fraction of sp³-hybridized carbons (Fsp3) is 0.571. The zero-order chi connectivity index (χ0) is 28.9. The molecule has 0 saturated heterocycles. The number of benzene rings is 1. The van der Waals surface area contributed by atoms with Gasteiger partial charge in [0.2, 0.25) is 0 Å². The number of nitrogens with zero attached hydrogens (tertiary/aromatic N) is 3. The molecule has 1 aliphatic heterocycles.